The standard InChI is InChI=1S/C22H23N5O2/c28-22(25-20-17-6-2-1-5-16(17)8-9-23-20)21-24-18(15-26-11-13-29-14-12-26)19-7-3-4-10-27(19)21/h1-10,21,24H,11-15H2,(H,23,25,28). The van der Waals surface area contributed by atoms with Crippen LogP contribution in [0.5, 0.6) is 0 Å². The average molecular weight is 389 g/mol. The summed E-state index contributed by atoms with van der Waals surface area (Å²) in [5, 5.41) is 8.41. The molecule has 0 aliphatic carbocycles. The molecule has 1 fully saturated rings. The van der Waals surface area contributed by atoms with Crippen LogP contribution in [-0.4, -0.2) is 59.7 Å². The molecule has 0 saturated carbocycles. The highest BCUT2D eigenvalue weighted by atomic mass is 16.5. The number of nitrogens with one attached hydrogen (secondary N) is 2. The van der Waals surface area contributed by atoms with Gasteiger partial charge < -0.3 is 20.3 Å². The third-order valence-corrected chi connectivity index (χ3v) is 5.44. The minimum Gasteiger partial charge on any atom is -0.379 e. The first-order valence-corrected chi connectivity index (χ1v) is 9.87. The molecular weight excluding hydrogens is 366 g/mol. The summed E-state index contributed by atoms with van der Waals surface area (Å²) < 4.78 is 5.45. The molecule has 1 unspecified atom stereocenters. The van der Waals surface area contributed by atoms with Crippen molar-refractivity contribution in [2.24, 2.45) is 0 Å². The number of pyridine rings is 1. The summed E-state index contributed by atoms with van der Waals surface area (Å²) in [6.07, 6.45) is 9.14. The molecular formula is C22H23N5O2. The Labute approximate surface area is 169 Å². The second kappa shape index (κ2) is 7.69. The number of benzene rings is 1. The first kappa shape index (κ1) is 17.9. The van der Waals surface area contributed by atoms with Crippen LogP contribution in [0, 0.1) is 0 Å². The van der Waals surface area contributed by atoms with Crippen LogP contribution in [0.15, 0.2) is 72.4 Å². The number of aromatic nitrogens is 1. The fraction of sp³-hybridized carbons (Fsp3) is 0.273. The molecule has 1 amide bonds. The van der Waals surface area contributed by atoms with Crippen LogP contribution in [0.1, 0.15) is 0 Å². The summed E-state index contributed by atoms with van der Waals surface area (Å²) in [6, 6.07) is 9.85. The molecule has 3 aliphatic rings. The Morgan fingerprint density at radius 1 is 1.21 bits per heavy atom. The Balaban J connectivity index is 1.36. The second-order valence-electron chi connectivity index (χ2n) is 7.28. The molecule has 148 valence electrons. The first-order valence-electron chi connectivity index (χ1n) is 9.87. The average Bonchev–Trinajstić information content (AvgIpc) is 3.13. The molecule has 2 aromatic rings. The van der Waals surface area contributed by atoms with E-state index in [1.807, 2.05) is 59.7 Å². The van der Waals surface area contributed by atoms with E-state index in [4.69, 9.17) is 4.74 Å². The third kappa shape index (κ3) is 3.50. The number of ether oxygens (including phenoxy) is 1. The highest BCUT2D eigenvalue weighted by molar-refractivity contribution is 6.02. The van der Waals surface area contributed by atoms with E-state index < -0.39 is 6.17 Å². The van der Waals surface area contributed by atoms with E-state index >= 15 is 0 Å². The number of amides is 1. The molecule has 2 N–H and O–H groups in total. The van der Waals surface area contributed by atoms with Gasteiger partial charge in [0.05, 0.1) is 24.6 Å². The van der Waals surface area contributed by atoms with Gasteiger partial charge in [0, 0.05) is 37.4 Å². The zero-order valence-corrected chi connectivity index (χ0v) is 16.0. The largest absolute Gasteiger partial charge is 0.379 e. The molecule has 3 aliphatic heterocycles. The highest BCUT2D eigenvalue weighted by Gasteiger charge is 2.35. The maximum absolute atomic E-state index is 13.2. The van der Waals surface area contributed by atoms with Gasteiger partial charge in [0.25, 0.3) is 5.91 Å². The molecule has 5 rings (SSSR count). The quantitative estimate of drug-likeness (QED) is 0.834. The third-order valence-electron chi connectivity index (χ3n) is 5.44. The maximum Gasteiger partial charge on any atom is 0.269 e. The van der Waals surface area contributed by atoms with Crippen LogP contribution >= 0.6 is 0 Å². The number of morpholine rings is 1. The van der Waals surface area contributed by atoms with E-state index in [2.05, 4.69) is 20.5 Å². The summed E-state index contributed by atoms with van der Waals surface area (Å²) in [5.74, 6) is 0.442. The van der Waals surface area contributed by atoms with Crippen molar-refractivity contribution in [2.45, 2.75) is 6.17 Å². The number of hydrogen-bond donors (Lipinski definition) is 2. The van der Waals surface area contributed by atoms with Crippen molar-refractivity contribution >= 4 is 22.5 Å². The van der Waals surface area contributed by atoms with Gasteiger partial charge in [-0.25, -0.2) is 4.98 Å². The van der Waals surface area contributed by atoms with Gasteiger partial charge in [0.1, 0.15) is 5.82 Å². The smallest absolute Gasteiger partial charge is 0.269 e. The Bertz CT molecular complexity index is 1020. The fourth-order valence-electron chi connectivity index (χ4n) is 3.95. The monoisotopic (exact) mass is 389 g/mol. The van der Waals surface area contributed by atoms with Crippen molar-refractivity contribution in [3.8, 4) is 0 Å². The zero-order valence-electron chi connectivity index (χ0n) is 16.0. The van der Waals surface area contributed by atoms with Gasteiger partial charge in [0.2, 0.25) is 0 Å². The molecule has 1 atom stereocenters. The van der Waals surface area contributed by atoms with Crippen molar-refractivity contribution in [2.75, 3.05) is 38.2 Å². The lowest BCUT2D eigenvalue weighted by Gasteiger charge is -2.27. The highest BCUT2D eigenvalue weighted by Crippen LogP contribution is 2.27. The molecule has 29 heavy (non-hydrogen) atoms. The van der Waals surface area contributed by atoms with Crippen LogP contribution in [0.3, 0.4) is 0 Å². The molecule has 0 radical (unpaired) electrons. The summed E-state index contributed by atoms with van der Waals surface area (Å²) in [4.78, 5) is 21.9. The van der Waals surface area contributed by atoms with Crippen molar-refractivity contribution in [3.05, 3.63) is 72.4 Å². The molecule has 7 heteroatoms. The number of rotatable bonds is 4. The van der Waals surface area contributed by atoms with Gasteiger partial charge in [-0.2, -0.15) is 0 Å². The van der Waals surface area contributed by atoms with Gasteiger partial charge in [-0.05, 0) is 23.6 Å². The van der Waals surface area contributed by atoms with Crippen molar-refractivity contribution in [1.82, 2.24) is 20.1 Å². The van der Waals surface area contributed by atoms with E-state index in [1.54, 1.807) is 6.20 Å². The number of carbonyl (C=O) groups is 1. The Morgan fingerprint density at radius 2 is 2.07 bits per heavy atom. The van der Waals surface area contributed by atoms with Gasteiger partial charge in [-0.15, -0.1) is 0 Å². The van der Waals surface area contributed by atoms with Gasteiger partial charge >= 0.3 is 0 Å². The number of allylic oxidation sites excluding steroid dienone is 3. The molecule has 1 saturated heterocycles. The topological polar surface area (TPSA) is 69.7 Å². The summed E-state index contributed by atoms with van der Waals surface area (Å²) >= 11 is 0. The molecule has 1 aromatic carbocycles. The Kier molecular flexibility index (Phi) is 4.75. The van der Waals surface area contributed by atoms with Gasteiger partial charge in [-0.1, -0.05) is 30.3 Å². The molecule has 1 aromatic heterocycles. The van der Waals surface area contributed by atoms with Crippen LogP contribution in [-0.2, 0) is 9.53 Å². The number of nitrogens with zero attached hydrogens (tertiary/aromatic N) is 3. The first-order chi connectivity index (χ1) is 14.3. The van der Waals surface area contributed by atoms with E-state index in [0.717, 1.165) is 55.0 Å². The van der Waals surface area contributed by atoms with Crippen LogP contribution in [0.25, 0.3) is 10.8 Å². The molecule has 0 bridgehead atoms. The summed E-state index contributed by atoms with van der Waals surface area (Å²) in [5.41, 5.74) is 2.09. The predicted octanol–water partition coefficient (Wildman–Crippen LogP) is 2.03. The van der Waals surface area contributed by atoms with Crippen LogP contribution < -0.4 is 10.6 Å². The summed E-state index contributed by atoms with van der Waals surface area (Å²) in [6.45, 7) is 4.06. The van der Waals surface area contributed by atoms with Gasteiger partial charge in [-0.3, -0.25) is 9.69 Å². The second-order valence-corrected chi connectivity index (χ2v) is 7.28. The van der Waals surface area contributed by atoms with E-state index in [-0.39, 0.29) is 5.91 Å². The summed E-state index contributed by atoms with van der Waals surface area (Å²) in [7, 11) is 0. The molecule has 7 nitrogen and oxygen atoms in total. The van der Waals surface area contributed by atoms with Crippen LogP contribution in [0.2, 0.25) is 0 Å². The predicted molar refractivity (Wildman–Crippen MR) is 112 cm³/mol. The molecule has 4 heterocycles. The van der Waals surface area contributed by atoms with Gasteiger partial charge in [0.15, 0.2) is 6.17 Å². The Morgan fingerprint density at radius 3 is 2.97 bits per heavy atom. The minimum absolute atomic E-state index is 0.136. The van der Waals surface area contributed by atoms with E-state index in [9.17, 15) is 4.79 Å². The van der Waals surface area contributed by atoms with E-state index in [0.29, 0.717) is 5.82 Å². The lowest BCUT2D eigenvalue weighted by molar-refractivity contribution is -0.120. The molecule has 0 spiro atoms. The number of carbonyl (C=O) groups excluding carboxylic acids is 1. The van der Waals surface area contributed by atoms with Crippen molar-refractivity contribution in [1.29, 1.82) is 0 Å². The normalized spacial score (nSPS) is 21.4. The number of fused-ring (bicyclic) bond motifs is 2. The fourth-order valence-corrected chi connectivity index (χ4v) is 3.95. The lowest BCUT2D eigenvalue weighted by Crippen LogP contribution is -2.46. The van der Waals surface area contributed by atoms with Crippen molar-refractivity contribution in [3.63, 3.8) is 0 Å². The zero-order chi connectivity index (χ0) is 19.6. The minimum atomic E-state index is -0.511. The lowest BCUT2D eigenvalue weighted by atomic mass is 10.1. The number of anilines is 1. The van der Waals surface area contributed by atoms with Crippen LogP contribution in [0.4, 0.5) is 5.82 Å². The maximum atomic E-state index is 13.2. The van der Waals surface area contributed by atoms with E-state index in [1.165, 1.54) is 0 Å². The Hall–Kier alpha value is -3.16. The SMILES string of the molecule is O=C(Nc1nccc2ccccc12)C1NC(CN2CCOCC2)=C2C=CC=CN21. The van der Waals surface area contributed by atoms with Crippen molar-refractivity contribution < 1.29 is 9.53 Å². The number of hydrogen-bond acceptors (Lipinski definition) is 6.